The third kappa shape index (κ3) is 2.45. The molecule has 82 valence electrons. The summed E-state index contributed by atoms with van der Waals surface area (Å²) >= 11 is 0. The van der Waals surface area contributed by atoms with Gasteiger partial charge in [0.2, 0.25) is 0 Å². The van der Waals surface area contributed by atoms with Crippen molar-refractivity contribution in [1.82, 2.24) is 4.90 Å². The number of hydrogen-bond donors (Lipinski definition) is 1. The van der Waals surface area contributed by atoms with Crippen molar-refractivity contribution in [3.8, 4) is 0 Å². The standard InChI is InChI=1S/C10H20N2O2/c1-3-12(4-2)10(13)9-6-5-8(7-11)14-9/h8-9H,3-7,11H2,1-2H3/t8-,9+/m1/s1. The van der Waals surface area contributed by atoms with E-state index in [0.717, 1.165) is 25.9 Å². The molecular formula is C10H20N2O2. The first kappa shape index (κ1) is 11.5. The Morgan fingerprint density at radius 1 is 1.43 bits per heavy atom. The van der Waals surface area contributed by atoms with E-state index in [1.165, 1.54) is 0 Å². The van der Waals surface area contributed by atoms with Gasteiger partial charge in [0.25, 0.3) is 5.91 Å². The zero-order valence-electron chi connectivity index (χ0n) is 9.03. The number of amides is 1. The van der Waals surface area contributed by atoms with Gasteiger partial charge in [0.1, 0.15) is 6.10 Å². The highest BCUT2D eigenvalue weighted by Crippen LogP contribution is 2.20. The summed E-state index contributed by atoms with van der Waals surface area (Å²) in [7, 11) is 0. The minimum Gasteiger partial charge on any atom is -0.364 e. The van der Waals surface area contributed by atoms with Crippen molar-refractivity contribution in [2.24, 2.45) is 5.73 Å². The molecular weight excluding hydrogens is 180 g/mol. The molecule has 0 aromatic heterocycles. The molecule has 2 atom stereocenters. The number of nitrogens with two attached hydrogens (primary N) is 1. The second-order valence-electron chi connectivity index (χ2n) is 3.57. The summed E-state index contributed by atoms with van der Waals surface area (Å²) in [5, 5.41) is 0. The monoisotopic (exact) mass is 200 g/mol. The van der Waals surface area contributed by atoms with E-state index < -0.39 is 0 Å². The summed E-state index contributed by atoms with van der Waals surface area (Å²) in [5.74, 6) is 0.117. The molecule has 0 spiro atoms. The lowest BCUT2D eigenvalue weighted by Gasteiger charge is -2.22. The number of hydrogen-bond acceptors (Lipinski definition) is 3. The van der Waals surface area contributed by atoms with Crippen molar-refractivity contribution in [1.29, 1.82) is 0 Å². The van der Waals surface area contributed by atoms with Crippen LogP contribution < -0.4 is 5.73 Å². The van der Waals surface area contributed by atoms with Gasteiger partial charge >= 0.3 is 0 Å². The molecule has 1 aliphatic rings. The fraction of sp³-hybridized carbons (Fsp3) is 0.900. The van der Waals surface area contributed by atoms with Crippen LogP contribution in [0.25, 0.3) is 0 Å². The molecule has 0 aromatic rings. The number of rotatable bonds is 4. The molecule has 0 unspecified atom stereocenters. The van der Waals surface area contributed by atoms with Gasteiger partial charge in [0.05, 0.1) is 6.10 Å². The zero-order chi connectivity index (χ0) is 10.6. The van der Waals surface area contributed by atoms with Gasteiger partial charge in [-0.1, -0.05) is 0 Å². The van der Waals surface area contributed by atoms with E-state index in [2.05, 4.69) is 0 Å². The average molecular weight is 200 g/mol. The van der Waals surface area contributed by atoms with Crippen molar-refractivity contribution < 1.29 is 9.53 Å². The van der Waals surface area contributed by atoms with Crippen LogP contribution in [0.2, 0.25) is 0 Å². The first-order chi connectivity index (χ1) is 6.72. The maximum atomic E-state index is 11.8. The molecule has 1 rings (SSSR count). The summed E-state index contributed by atoms with van der Waals surface area (Å²) in [6.45, 7) is 5.99. The van der Waals surface area contributed by atoms with Crippen LogP contribution in [-0.4, -0.2) is 42.6 Å². The van der Waals surface area contributed by atoms with Crippen molar-refractivity contribution in [2.45, 2.75) is 38.9 Å². The van der Waals surface area contributed by atoms with E-state index in [1.807, 2.05) is 18.7 Å². The van der Waals surface area contributed by atoms with Gasteiger partial charge in [-0.25, -0.2) is 0 Å². The minimum absolute atomic E-state index is 0.0829. The Labute approximate surface area is 85.4 Å². The Morgan fingerprint density at radius 3 is 2.50 bits per heavy atom. The highest BCUT2D eigenvalue weighted by atomic mass is 16.5. The first-order valence-corrected chi connectivity index (χ1v) is 5.37. The van der Waals surface area contributed by atoms with Crippen molar-refractivity contribution in [3.05, 3.63) is 0 Å². The third-order valence-electron chi connectivity index (χ3n) is 2.72. The van der Waals surface area contributed by atoms with E-state index in [1.54, 1.807) is 0 Å². The van der Waals surface area contributed by atoms with E-state index in [0.29, 0.717) is 6.54 Å². The summed E-state index contributed by atoms with van der Waals surface area (Å²) < 4.78 is 5.54. The quantitative estimate of drug-likeness (QED) is 0.713. The first-order valence-electron chi connectivity index (χ1n) is 5.37. The fourth-order valence-corrected chi connectivity index (χ4v) is 1.80. The summed E-state index contributed by atoms with van der Waals surface area (Å²) in [6.07, 6.45) is 1.56. The SMILES string of the molecule is CCN(CC)C(=O)[C@@H]1CC[C@H](CN)O1. The van der Waals surface area contributed by atoms with Gasteiger partial charge in [-0.15, -0.1) is 0 Å². The molecule has 14 heavy (non-hydrogen) atoms. The van der Waals surface area contributed by atoms with Crippen LogP contribution in [0, 0.1) is 0 Å². The lowest BCUT2D eigenvalue weighted by molar-refractivity contribution is -0.142. The Kier molecular flexibility index (Phi) is 4.35. The second-order valence-corrected chi connectivity index (χ2v) is 3.57. The smallest absolute Gasteiger partial charge is 0.251 e. The van der Waals surface area contributed by atoms with Gasteiger partial charge in [-0.05, 0) is 26.7 Å². The van der Waals surface area contributed by atoms with Crippen molar-refractivity contribution in [2.75, 3.05) is 19.6 Å². The van der Waals surface area contributed by atoms with Crippen LogP contribution in [-0.2, 0) is 9.53 Å². The van der Waals surface area contributed by atoms with Crippen LogP contribution in [0.4, 0.5) is 0 Å². The van der Waals surface area contributed by atoms with E-state index in [-0.39, 0.29) is 18.1 Å². The molecule has 0 bridgehead atoms. The fourth-order valence-electron chi connectivity index (χ4n) is 1.80. The number of ether oxygens (including phenoxy) is 1. The Hall–Kier alpha value is -0.610. The van der Waals surface area contributed by atoms with E-state index in [9.17, 15) is 4.79 Å². The topological polar surface area (TPSA) is 55.6 Å². The number of carbonyl (C=O) groups is 1. The van der Waals surface area contributed by atoms with Gasteiger partial charge in [0, 0.05) is 19.6 Å². The van der Waals surface area contributed by atoms with Crippen molar-refractivity contribution >= 4 is 5.91 Å². The van der Waals surface area contributed by atoms with Crippen molar-refractivity contribution in [3.63, 3.8) is 0 Å². The summed E-state index contributed by atoms with van der Waals surface area (Å²) in [6, 6.07) is 0. The molecule has 0 saturated carbocycles. The molecule has 1 heterocycles. The Bertz CT molecular complexity index is 193. The molecule has 1 amide bonds. The normalized spacial score (nSPS) is 26.5. The summed E-state index contributed by atoms with van der Waals surface area (Å²) in [5.41, 5.74) is 5.49. The number of carbonyl (C=O) groups excluding carboxylic acids is 1. The molecule has 2 N–H and O–H groups in total. The molecule has 0 aliphatic carbocycles. The Morgan fingerprint density at radius 2 is 2.07 bits per heavy atom. The van der Waals surface area contributed by atoms with E-state index >= 15 is 0 Å². The molecule has 1 fully saturated rings. The molecule has 4 nitrogen and oxygen atoms in total. The second kappa shape index (κ2) is 5.32. The molecule has 4 heteroatoms. The maximum absolute atomic E-state index is 11.8. The highest BCUT2D eigenvalue weighted by molar-refractivity contribution is 5.81. The predicted octanol–water partition coefficient (Wildman–Crippen LogP) is 0.361. The van der Waals surface area contributed by atoms with Gasteiger partial charge < -0.3 is 15.4 Å². The van der Waals surface area contributed by atoms with Crippen LogP contribution in [0.3, 0.4) is 0 Å². The minimum atomic E-state index is -0.247. The average Bonchev–Trinajstić information content (AvgIpc) is 2.67. The highest BCUT2D eigenvalue weighted by Gasteiger charge is 2.31. The zero-order valence-corrected chi connectivity index (χ0v) is 9.03. The van der Waals surface area contributed by atoms with Crippen LogP contribution in [0.15, 0.2) is 0 Å². The lowest BCUT2D eigenvalue weighted by Crippen LogP contribution is -2.39. The van der Waals surface area contributed by atoms with Gasteiger partial charge in [0.15, 0.2) is 0 Å². The Balaban J connectivity index is 2.45. The molecule has 1 aliphatic heterocycles. The number of likely N-dealkylation sites (N-methyl/N-ethyl adjacent to an activating group) is 1. The lowest BCUT2D eigenvalue weighted by atomic mass is 10.2. The molecule has 1 saturated heterocycles. The largest absolute Gasteiger partial charge is 0.364 e. The van der Waals surface area contributed by atoms with Crippen LogP contribution in [0.1, 0.15) is 26.7 Å². The third-order valence-corrected chi connectivity index (χ3v) is 2.72. The van der Waals surface area contributed by atoms with Crippen LogP contribution in [0.5, 0.6) is 0 Å². The van der Waals surface area contributed by atoms with Crippen LogP contribution >= 0.6 is 0 Å². The van der Waals surface area contributed by atoms with Gasteiger partial charge in [-0.3, -0.25) is 4.79 Å². The summed E-state index contributed by atoms with van der Waals surface area (Å²) in [4.78, 5) is 13.6. The van der Waals surface area contributed by atoms with Gasteiger partial charge in [-0.2, -0.15) is 0 Å². The number of nitrogens with zero attached hydrogens (tertiary/aromatic N) is 1. The maximum Gasteiger partial charge on any atom is 0.251 e. The molecule has 0 radical (unpaired) electrons. The predicted molar refractivity (Wildman–Crippen MR) is 54.9 cm³/mol. The van der Waals surface area contributed by atoms with E-state index in [4.69, 9.17) is 10.5 Å². The molecule has 0 aromatic carbocycles.